The molecule has 0 saturated carbocycles. The number of rotatable bonds is 4. The molecule has 0 radical (unpaired) electrons. The number of amides is 1. The number of nitrogens with zero attached hydrogens (tertiary/aromatic N) is 1. The number of fused-ring (bicyclic) bond motifs is 3. The average Bonchev–Trinajstić information content (AvgIpc) is 2.73. The van der Waals surface area contributed by atoms with E-state index in [1.54, 1.807) is 49.6 Å². The van der Waals surface area contributed by atoms with Crippen LogP contribution < -0.4 is 10.1 Å². The van der Waals surface area contributed by atoms with Crippen molar-refractivity contribution in [1.29, 1.82) is 0 Å². The summed E-state index contributed by atoms with van der Waals surface area (Å²) in [6.07, 6.45) is 2.60. The Morgan fingerprint density at radius 2 is 1.93 bits per heavy atom. The van der Waals surface area contributed by atoms with E-state index in [-0.39, 0.29) is 5.92 Å². The van der Waals surface area contributed by atoms with Crippen molar-refractivity contribution in [2.75, 3.05) is 25.5 Å². The van der Waals surface area contributed by atoms with Gasteiger partial charge in [0, 0.05) is 30.3 Å². The largest absolute Gasteiger partial charge is 0.497 e. The van der Waals surface area contributed by atoms with Gasteiger partial charge in [0.2, 0.25) is 0 Å². The Hall–Kier alpha value is -2.73. The first-order valence-electron chi connectivity index (χ1n) is 9.57. The van der Waals surface area contributed by atoms with E-state index in [4.69, 9.17) is 21.1 Å². The van der Waals surface area contributed by atoms with Crippen molar-refractivity contribution in [3.8, 4) is 5.75 Å². The van der Waals surface area contributed by atoms with Crippen LogP contribution in [0.15, 0.2) is 48.2 Å². The Kier molecular flexibility index (Phi) is 5.62. The number of ether oxygens (including phenoxy) is 2. The van der Waals surface area contributed by atoms with Gasteiger partial charge in [-0.3, -0.25) is 5.32 Å². The van der Waals surface area contributed by atoms with Crippen LogP contribution in [-0.4, -0.2) is 37.3 Å². The van der Waals surface area contributed by atoms with Crippen LogP contribution in [0.3, 0.4) is 0 Å². The van der Waals surface area contributed by atoms with Gasteiger partial charge in [0.1, 0.15) is 17.7 Å². The van der Waals surface area contributed by atoms with Gasteiger partial charge < -0.3 is 14.4 Å². The SMILES string of the molecule is COc1ccc(NC(=O)O[C@H]2C(=Cc3c(F)cccc3Cl)N3CCC2CC3)cc1. The number of hydrogen-bond donors (Lipinski definition) is 1. The van der Waals surface area contributed by atoms with Gasteiger partial charge in [0.15, 0.2) is 0 Å². The van der Waals surface area contributed by atoms with E-state index in [1.165, 1.54) is 6.07 Å². The highest BCUT2D eigenvalue weighted by molar-refractivity contribution is 6.32. The molecule has 152 valence electrons. The quantitative estimate of drug-likeness (QED) is 0.746. The number of halogens is 2. The second kappa shape index (κ2) is 8.33. The molecule has 2 aromatic carbocycles. The van der Waals surface area contributed by atoms with Crippen LogP contribution in [0.5, 0.6) is 5.75 Å². The van der Waals surface area contributed by atoms with Crippen LogP contribution in [0.2, 0.25) is 5.02 Å². The molecule has 2 bridgehead atoms. The Morgan fingerprint density at radius 1 is 1.21 bits per heavy atom. The van der Waals surface area contributed by atoms with Crippen LogP contribution in [0.1, 0.15) is 18.4 Å². The predicted octanol–water partition coefficient (Wildman–Crippen LogP) is 5.17. The maximum Gasteiger partial charge on any atom is 0.412 e. The second-order valence-corrected chi connectivity index (χ2v) is 7.62. The smallest absolute Gasteiger partial charge is 0.412 e. The van der Waals surface area contributed by atoms with Gasteiger partial charge in [-0.25, -0.2) is 9.18 Å². The van der Waals surface area contributed by atoms with E-state index >= 15 is 0 Å². The molecule has 3 heterocycles. The van der Waals surface area contributed by atoms with Gasteiger partial charge in [0.05, 0.1) is 17.8 Å². The highest BCUT2D eigenvalue weighted by Gasteiger charge is 2.40. The van der Waals surface area contributed by atoms with E-state index < -0.39 is 18.0 Å². The summed E-state index contributed by atoms with van der Waals surface area (Å²) < 4.78 is 25.2. The molecule has 3 fully saturated rings. The summed E-state index contributed by atoms with van der Waals surface area (Å²) in [5.41, 5.74) is 1.73. The molecule has 0 aliphatic carbocycles. The van der Waals surface area contributed by atoms with Crippen LogP contribution in [0, 0.1) is 11.7 Å². The van der Waals surface area contributed by atoms with Crippen molar-refractivity contribution in [3.63, 3.8) is 0 Å². The summed E-state index contributed by atoms with van der Waals surface area (Å²) in [6.45, 7) is 1.73. The lowest BCUT2D eigenvalue weighted by Gasteiger charge is -2.47. The van der Waals surface area contributed by atoms with Crippen molar-refractivity contribution >= 4 is 29.5 Å². The highest BCUT2D eigenvalue weighted by atomic mass is 35.5. The Labute approximate surface area is 174 Å². The number of nitrogens with one attached hydrogen (secondary N) is 1. The number of carbonyl (C=O) groups excluding carboxylic acids is 1. The molecule has 3 aliphatic rings. The van der Waals surface area contributed by atoms with Crippen molar-refractivity contribution in [2.24, 2.45) is 5.92 Å². The number of hydrogen-bond acceptors (Lipinski definition) is 4. The summed E-state index contributed by atoms with van der Waals surface area (Å²) in [7, 11) is 1.58. The maximum absolute atomic E-state index is 14.3. The predicted molar refractivity (Wildman–Crippen MR) is 111 cm³/mol. The minimum absolute atomic E-state index is 0.207. The summed E-state index contributed by atoms with van der Waals surface area (Å²) in [4.78, 5) is 14.7. The molecule has 29 heavy (non-hydrogen) atoms. The molecule has 3 aliphatic heterocycles. The lowest BCUT2D eigenvalue weighted by atomic mass is 9.82. The fraction of sp³-hybridized carbons (Fsp3) is 0.318. The third kappa shape index (κ3) is 4.17. The molecule has 3 saturated heterocycles. The van der Waals surface area contributed by atoms with Crippen LogP contribution in [0.4, 0.5) is 14.9 Å². The topological polar surface area (TPSA) is 50.8 Å². The van der Waals surface area contributed by atoms with Crippen LogP contribution in [0.25, 0.3) is 6.08 Å². The van der Waals surface area contributed by atoms with E-state index in [1.807, 2.05) is 0 Å². The van der Waals surface area contributed by atoms with Crippen molar-refractivity contribution in [1.82, 2.24) is 4.90 Å². The molecular weight excluding hydrogens is 395 g/mol. The van der Waals surface area contributed by atoms with Gasteiger partial charge in [-0.2, -0.15) is 0 Å². The molecule has 0 spiro atoms. The number of benzene rings is 2. The molecule has 5 rings (SSSR count). The maximum atomic E-state index is 14.3. The first-order valence-corrected chi connectivity index (χ1v) is 9.95. The van der Waals surface area contributed by atoms with Crippen molar-refractivity contribution in [2.45, 2.75) is 18.9 Å². The number of carbonyl (C=O) groups is 1. The normalized spacial score (nSPS) is 21.9. The highest BCUT2D eigenvalue weighted by Crippen LogP contribution is 2.38. The zero-order valence-corrected chi connectivity index (χ0v) is 16.8. The zero-order valence-electron chi connectivity index (χ0n) is 16.0. The van der Waals surface area contributed by atoms with Gasteiger partial charge in [-0.1, -0.05) is 17.7 Å². The van der Waals surface area contributed by atoms with E-state index in [2.05, 4.69) is 10.2 Å². The summed E-state index contributed by atoms with van der Waals surface area (Å²) >= 11 is 6.20. The Bertz CT molecular complexity index is 904. The van der Waals surface area contributed by atoms with Gasteiger partial charge >= 0.3 is 6.09 Å². The number of methoxy groups -OCH3 is 1. The van der Waals surface area contributed by atoms with Crippen LogP contribution in [-0.2, 0) is 4.74 Å². The molecular formula is C22H22ClFN2O3. The molecule has 2 aromatic rings. The van der Waals surface area contributed by atoms with Crippen molar-refractivity contribution < 1.29 is 18.7 Å². The third-order valence-electron chi connectivity index (χ3n) is 5.49. The average molecular weight is 417 g/mol. The summed E-state index contributed by atoms with van der Waals surface area (Å²) in [5, 5.41) is 3.08. The fourth-order valence-corrected chi connectivity index (χ4v) is 4.16. The summed E-state index contributed by atoms with van der Waals surface area (Å²) in [5.74, 6) is 0.515. The molecule has 1 amide bonds. The fourth-order valence-electron chi connectivity index (χ4n) is 3.95. The summed E-state index contributed by atoms with van der Waals surface area (Å²) in [6, 6.07) is 11.6. The van der Waals surface area contributed by atoms with Gasteiger partial charge in [0.25, 0.3) is 0 Å². The standard InChI is InChI=1S/C22H22ClFN2O3/c1-28-16-7-5-15(6-8-16)25-22(27)29-21-14-9-11-26(12-10-14)20(21)13-17-18(23)3-2-4-19(17)24/h2-8,13-14,21H,9-12H2,1H3,(H,25,27)/t21-/m1/s1. The van der Waals surface area contributed by atoms with E-state index in [0.29, 0.717) is 22.0 Å². The Balaban J connectivity index is 1.55. The third-order valence-corrected chi connectivity index (χ3v) is 5.82. The number of piperidine rings is 3. The second-order valence-electron chi connectivity index (χ2n) is 7.21. The monoisotopic (exact) mass is 416 g/mol. The van der Waals surface area contributed by atoms with Crippen LogP contribution >= 0.6 is 11.6 Å². The van der Waals surface area contributed by atoms with E-state index in [0.717, 1.165) is 31.6 Å². The Morgan fingerprint density at radius 3 is 2.59 bits per heavy atom. The zero-order chi connectivity index (χ0) is 20.4. The minimum atomic E-state index is -0.542. The van der Waals surface area contributed by atoms with Gasteiger partial charge in [-0.15, -0.1) is 0 Å². The first-order chi connectivity index (χ1) is 14.0. The van der Waals surface area contributed by atoms with E-state index in [9.17, 15) is 9.18 Å². The molecule has 0 aromatic heterocycles. The lowest BCUT2D eigenvalue weighted by Crippen LogP contribution is -2.50. The first kappa shape index (κ1) is 19.6. The molecule has 0 unspecified atom stereocenters. The van der Waals surface area contributed by atoms with Crippen molar-refractivity contribution in [3.05, 3.63) is 64.6 Å². The molecule has 1 atom stereocenters. The minimum Gasteiger partial charge on any atom is -0.497 e. The van der Waals surface area contributed by atoms with Gasteiger partial charge in [-0.05, 0) is 55.3 Å². The number of anilines is 1. The molecule has 7 heteroatoms. The molecule has 5 nitrogen and oxygen atoms in total. The lowest BCUT2D eigenvalue weighted by molar-refractivity contribution is 0.0103. The molecule has 1 N–H and O–H groups in total.